The van der Waals surface area contributed by atoms with Crippen LogP contribution < -0.4 is 0 Å². The van der Waals surface area contributed by atoms with Crippen molar-refractivity contribution in [1.82, 2.24) is 0 Å². The number of allylic oxidation sites excluding steroid dienone is 2. The van der Waals surface area contributed by atoms with Gasteiger partial charge in [0.25, 0.3) is 20.2 Å². The predicted molar refractivity (Wildman–Crippen MR) is 27.4 cm³/mol. The fourth-order valence-corrected chi connectivity index (χ4v) is 1.30. The van der Waals surface area contributed by atoms with Gasteiger partial charge < -0.3 is 0 Å². The molecule has 1 rings (SSSR count). The van der Waals surface area contributed by atoms with E-state index < -0.39 is 31.8 Å². The fraction of sp³-hybridized carbons (Fsp3) is 0. The Kier molecular flexibility index (Phi) is 1.55. The zero-order valence-corrected chi connectivity index (χ0v) is 5.55. The molecule has 0 aromatic carbocycles. The molecule has 11 heavy (non-hydrogen) atoms. The summed E-state index contributed by atoms with van der Waals surface area (Å²) in [5.74, 6) is -4.61. The van der Waals surface area contributed by atoms with Crippen molar-refractivity contribution in [2.45, 2.75) is 0 Å². The Balaban J connectivity index is 3.52. The summed E-state index contributed by atoms with van der Waals surface area (Å²) in [4.78, 5) is 0. The van der Waals surface area contributed by atoms with E-state index in [9.17, 15) is 26.0 Å². The van der Waals surface area contributed by atoms with Gasteiger partial charge in [0.2, 0.25) is 11.7 Å². The maximum atomic E-state index is 12.0. The molecule has 0 saturated heterocycles. The van der Waals surface area contributed by atoms with Crippen LogP contribution in [0.4, 0.5) is 17.6 Å². The monoisotopic (exact) mass is 188 g/mol. The summed E-state index contributed by atoms with van der Waals surface area (Å²) in [7, 11) is -5.13. The summed E-state index contributed by atoms with van der Waals surface area (Å²) in [5, 5.41) is -4.82. The number of hydrogen-bond acceptors (Lipinski definition) is 2. The molecule has 7 heteroatoms. The molecule has 2 nitrogen and oxygen atoms in total. The largest absolute Gasteiger partial charge is 0.266 e. The van der Waals surface area contributed by atoms with Gasteiger partial charge in [-0.05, 0) is 0 Å². The highest BCUT2D eigenvalue weighted by Crippen LogP contribution is 2.38. The quantitative estimate of drug-likeness (QED) is 0.541. The molecule has 0 aromatic rings. The van der Waals surface area contributed by atoms with Crippen LogP contribution >= 0.6 is 0 Å². The molecule has 0 aromatic heterocycles. The third kappa shape index (κ3) is 0.873. The van der Waals surface area contributed by atoms with Gasteiger partial charge in [-0.15, -0.1) is 0 Å². The van der Waals surface area contributed by atoms with E-state index in [1.165, 1.54) is 0 Å². The molecule has 0 radical (unpaired) electrons. The van der Waals surface area contributed by atoms with Gasteiger partial charge in [0.15, 0.2) is 0 Å². The average Bonchev–Trinajstić information content (AvgIpc) is 2.06. The molecule has 1 heterocycles. The molecule has 0 spiro atoms. The molecule has 0 fully saturated rings. The normalized spacial score (nSPS) is 23.3. The second kappa shape index (κ2) is 2.07. The van der Waals surface area contributed by atoms with Gasteiger partial charge in [-0.3, -0.25) is 0 Å². The van der Waals surface area contributed by atoms with E-state index in [1.54, 1.807) is 0 Å². The van der Waals surface area contributed by atoms with Crippen molar-refractivity contribution in [1.29, 1.82) is 0 Å². The van der Waals surface area contributed by atoms with Crippen LogP contribution in [-0.2, 0) is 9.84 Å². The number of rotatable bonds is 0. The SMILES string of the molecule is O=S1(=O)C(F)=C(F)C(F)=C1F. The topological polar surface area (TPSA) is 34.1 Å². The number of hydrogen-bond donors (Lipinski definition) is 0. The Bertz CT molecular complexity index is 334. The molecular formula is C4F4O2S. The van der Waals surface area contributed by atoms with E-state index in [2.05, 4.69) is 0 Å². The molecular weight excluding hydrogens is 188 g/mol. The summed E-state index contributed by atoms with van der Waals surface area (Å²) >= 11 is 0. The summed E-state index contributed by atoms with van der Waals surface area (Å²) in [6.07, 6.45) is 0. The van der Waals surface area contributed by atoms with Crippen molar-refractivity contribution in [3.8, 4) is 0 Å². The highest BCUT2D eigenvalue weighted by atomic mass is 32.2. The fourth-order valence-electron chi connectivity index (χ4n) is 0.487. The Morgan fingerprint density at radius 1 is 0.818 bits per heavy atom. The number of sulfone groups is 1. The summed E-state index contributed by atoms with van der Waals surface area (Å²) in [5.41, 5.74) is 0. The molecule has 62 valence electrons. The maximum absolute atomic E-state index is 12.0. The minimum atomic E-state index is -5.13. The molecule has 1 aliphatic heterocycles. The first kappa shape index (κ1) is 8.25. The highest BCUT2D eigenvalue weighted by Gasteiger charge is 2.41. The van der Waals surface area contributed by atoms with Crippen LogP contribution in [-0.4, -0.2) is 8.42 Å². The Morgan fingerprint density at radius 3 is 1.18 bits per heavy atom. The van der Waals surface area contributed by atoms with Crippen molar-refractivity contribution >= 4 is 9.84 Å². The smallest absolute Gasteiger partial charge is 0.213 e. The van der Waals surface area contributed by atoms with Crippen LogP contribution in [0.2, 0.25) is 0 Å². The third-order valence-electron chi connectivity index (χ3n) is 1.01. The second-order valence-corrected chi connectivity index (χ2v) is 3.40. The first-order valence-corrected chi connectivity index (χ1v) is 3.73. The van der Waals surface area contributed by atoms with Gasteiger partial charge in [-0.2, -0.15) is 17.6 Å². The van der Waals surface area contributed by atoms with E-state index in [1.807, 2.05) is 0 Å². The maximum Gasteiger partial charge on any atom is 0.266 e. The van der Waals surface area contributed by atoms with Crippen molar-refractivity contribution in [2.75, 3.05) is 0 Å². The molecule has 0 atom stereocenters. The summed E-state index contributed by atoms with van der Waals surface area (Å²) in [6.45, 7) is 0. The van der Waals surface area contributed by atoms with Crippen molar-refractivity contribution in [2.24, 2.45) is 0 Å². The number of halogens is 4. The van der Waals surface area contributed by atoms with E-state index in [-0.39, 0.29) is 0 Å². The van der Waals surface area contributed by atoms with Crippen molar-refractivity contribution in [3.63, 3.8) is 0 Å². The zero-order chi connectivity index (χ0) is 8.81. The van der Waals surface area contributed by atoms with E-state index >= 15 is 0 Å². The molecule has 0 bridgehead atoms. The minimum absolute atomic E-state index is 2.30. The van der Waals surface area contributed by atoms with Gasteiger partial charge in [0.1, 0.15) is 0 Å². The average molecular weight is 188 g/mol. The molecule has 1 aliphatic rings. The van der Waals surface area contributed by atoms with Gasteiger partial charge in [-0.1, -0.05) is 0 Å². The lowest BCUT2D eigenvalue weighted by molar-refractivity contribution is 0.501. The molecule has 0 N–H and O–H groups in total. The standard InChI is InChI=1S/C4F4O2S/c5-1-2(6)4(8)11(9,10)3(1)7. The van der Waals surface area contributed by atoms with Crippen LogP contribution in [0.1, 0.15) is 0 Å². The minimum Gasteiger partial charge on any atom is -0.213 e. The van der Waals surface area contributed by atoms with Crippen molar-refractivity contribution in [3.05, 3.63) is 22.0 Å². The lowest BCUT2D eigenvalue weighted by Crippen LogP contribution is -1.95. The third-order valence-corrected chi connectivity index (χ3v) is 2.31. The van der Waals surface area contributed by atoms with E-state index in [0.29, 0.717) is 0 Å². The molecule has 0 amide bonds. The van der Waals surface area contributed by atoms with E-state index in [0.717, 1.165) is 0 Å². The summed E-state index contributed by atoms with van der Waals surface area (Å²) < 4.78 is 68.1. The Hall–Kier alpha value is -0.850. The Morgan fingerprint density at radius 2 is 1.09 bits per heavy atom. The van der Waals surface area contributed by atoms with Crippen LogP contribution in [0.15, 0.2) is 22.0 Å². The van der Waals surface area contributed by atoms with Gasteiger partial charge in [0, 0.05) is 0 Å². The van der Waals surface area contributed by atoms with Gasteiger partial charge in [-0.25, -0.2) is 8.42 Å². The summed E-state index contributed by atoms with van der Waals surface area (Å²) in [6, 6.07) is 0. The Labute approximate surface area is 58.7 Å². The van der Waals surface area contributed by atoms with Gasteiger partial charge >= 0.3 is 0 Å². The lowest BCUT2D eigenvalue weighted by atomic mass is 10.5. The molecule has 0 saturated carbocycles. The van der Waals surface area contributed by atoms with Crippen molar-refractivity contribution < 1.29 is 26.0 Å². The highest BCUT2D eigenvalue weighted by molar-refractivity contribution is 7.98. The molecule has 0 aliphatic carbocycles. The van der Waals surface area contributed by atoms with Crippen LogP contribution in [0.25, 0.3) is 0 Å². The lowest BCUT2D eigenvalue weighted by Gasteiger charge is -1.86. The van der Waals surface area contributed by atoms with Crippen LogP contribution in [0.5, 0.6) is 0 Å². The first-order valence-electron chi connectivity index (χ1n) is 2.25. The zero-order valence-electron chi connectivity index (χ0n) is 4.74. The molecule has 0 unspecified atom stereocenters. The van der Waals surface area contributed by atoms with Crippen LogP contribution in [0, 0.1) is 0 Å². The predicted octanol–water partition coefficient (Wildman–Crippen LogP) is 1.63. The van der Waals surface area contributed by atoms with Crippen LogP contribution in [0.3, 0.4) is 0 Å². The second-order valence-electron chi connectivity index (χ2n) is 1.68. The first-order chi connectivity index (χ1) is 4.89. The van der Waals surface area contributed by atoms with Gasteiger partial charge in [0.05, 0.1) is 0 Å². The van der Waals surface area contributed by atoms with E-state index in [4.69, 9.17) is 0 Å².